The first kappa shape index (κ1) is 6.91. The van der Waals surface area contributed by atoms with Crippen LogP contribution in [0.4, 0.5) is 6.01 Å². The molecule has 1 aromatic carbocycles. The molecule has 2 N–H and O–H groups in total. The Kier molecular flexibility index (Phi) is 1.55. The van der Waals surface area contributed by atoms with Crippen LogP contribution >= 0.6 is 0 Å². The summed E-state index contributed by atoms with van der Waals surface area (Å²) in [6.45, 7) is 0. The second-order valence-electron chi connectivity index (χ2n) is 2.36. The maximum Gasteiger partial charge on any atom is 0.292 e. The Bertz CT molecular complexity index is 367. The van der Waals surface area contributed by atoms with Crippen LogP contribution in [0, 0.1) is 6.07 Å². The minimum absolute atomic E-state index is 0.189. The summed E-state index contributed by atoms with van der Waals surface area (Å²) in [5, 5.41) is 0. The molecule has 0 unspecified atom stereocenters. The summed E-state index contributed by atoms with van der Waals surface area (Å²) < 4.78 is 4.87. The Balaban J connectivity index is 2.45. The highest BCUT2D eigenvalue weighted by atomic mass is 16.4. The minimum atomic E-state index is 0.189. The normalized spacial score (nSPS) is 10.0. The predicted molar refractivity (Wildman–Crippen MR) is 45.2 cm³/mol. The molecule has 1 aromatic heterocycles. The van der Waals surface area contributed by atoms with E-state index in [9.17, 15) is 0 Å². The molecule has 3 nitrogen and oxygen atoms in total. The van der Waals surface area contributed by atoms with Crippen LogP contribution < -0.4 is 5.73 Å². The molecule has 0 spiro atoms. The molecule has 2 rings (SSSR count). The fraction of sp³-hybridized carbons (Fsp3) is 0. The lowest BCUT2D eigenvalue weighted by Gasteiger charge is -1.90. The fourth-order valence-electron chi connectivity index (χ4n) is 0.973. The van der Waals surface area contributed by atoms with Gasteiger partial charge in [-0.25, -0.2) is 0 Å². The van der Waals surface area contributed by atoms with E-state index < -0.39 is 0 Å². The second kappa shape index (κ2) is 2.70. The van der Waals surface area contributed by atoms with Crippen molar-refractivity contribution in [3.63, 3.8) is 0 Å². The summed E-state index contributed by atoms with van der Waals surface area (Å²) in [6, 6.07) is 10.6. The van der Waals surface area contributed by atoms with Gasteiger partial charge in [0.05, 0.1) is 0 Å². The van der Waals surface area contributed by atoms with Crippen molar-refractivity contribution in [1.29, 1.82) is 0 Å². The molecule has 3 heteroatoms. The lowest BCUT2D eigenvalue weighted by atomic mass is 10.2. The Hall–Kier alpha value is -1.77. The van der Waals surface area contributed by atoms with Crippen molar-refractivity contribution in [2.24, 2.45) is 0 Å². The molecular weight excluding hydrogens is 152 g/mol. The Morgan fingerprint density at radius 2 is 2.42 bits per heavy atom. The van der Waals surface area contributed by atoms with Gasteiger partial charge in [0.15, 0.2) is 0 Å². The smallest absolute Gasteiger partial charge is 0.292 e. The molecule has 12 heavy (non-hydrogen) atoms. The van der Waals surface area contributed by atoms with Crippen LogP contribution in [0.3, 0.4) is 0 Å². The highest BCUT2D eigenvalue weighted by Gasteiger charge is 2.01. The van der Waals surface area contributed by atoms with Crippen molar-refractivity contribution in [2.75, 3.05) is 5.73 Å². The van der Waals surface area contributed by atoms with E-state index in [1.54, 1.807) is 0 Å². The predicted octanol–water partition coefficient (Wildman–Crippen LogP) is 1.72. The van der Waals surface area contributed by atoms with Crippen LogP contribution in [0.5, 0.6) is 0 Å². The number of nitrogen functional groups attached to an aromatic ring is 1. The van der Waals surface area contributed by atoms with Gasteiger partial charge in [-0.15, -0.1) is 0 Å². The van der Waals surface area contributed by atoms with Gasteiger partial charge in [-0.3, -0.25) is 0 Å². The van der Waals surface area contributed by atoms with E-state index in [1.807, 2.05) is 24.3 Å². The number of rotatable bonds is 1. The largest absolute Gasteiger partial charge is 0.432 e. The zero-order valence-corrected chi connectivity index (χ0v) is 6.32. The number of oxazole rings is 1. The molecule has 0 bridgehead atoms. The average molecular weight is 159 g/mol. The Labute approximate surface area is 69.8 Å². The van der Waals surface area contributed by atoms with Crippen molar-refractivity contribution in [3.05, 3.63) is 36.6 Å². The molecule has 0 amide bonds. The zero-order chi connectivity index (χ0) is 8.39. The summed E-state index contributed by atoms with van der Waals surface area (Å²) in [5.41, 5.74) is 7.02. The van der Waals surface area contributed by atoms with Gasteiger partial charge in [0, 0.05) is 5.56 Å². The molecule has 1 radical (unpaired) electrons. The first-order valence-corrected chi connectivity index (χ1v) is 3.54. The molecule has 2 aromatic rings. The maximum atomic E-state index is 5.33. The summed E-state index contributed by atoms with van der Waals surface area (Å²) in [5.74, 6) is 0. The highest BCUT2D eigenvalue weighted by molar-refractivity contribution is 5.58. The van der Waals surface area contributed by atoms with Crippen LogP contribution in [0.2, 0.25) is 0 Å². The van der Waals surface area contributed by atoms with Crippen LogP contribution in [-0.2, 0) is 0 Å². The third kappa shape index (κ3) is 1.16. The third-order valence-corrected chi connectivity index (χ3v) is 1.52. The third-order valence-electron chi connectivity index (χ3n) is 1.52. The molecule has 59 valence electrons. The van der Waals surface area contributed by atoms with E-state index in [4.69, 9.17) is 10.2 Å². The van der Waals surface area contributed by atoms with E-state index in [0.717, 1.165) is 11.3 Å². The number of hydrogen-bond acceptors (Lipinski definition) is 3. The molecule has 0 saturated heterocycles. The van der Waals surface area contributed by atoms with Crippen LogP contribution in [-0.4, -0.2) is 4.98 Å². The highest BCUT2D eigenvalue weighted by Crippen LogP contribution is 2.17. The van der Waals surface area contributed by atoms with Gasteiger partial charge in [-0.05, 0) is 12.1 Å². The van der Waals surface area contributed by atoms with Gasteiger partial charge in [-0.1, -0.05) is 18.2 Å². The SMILES string of the molecule is Nc1nc(-c2c[c]ccc2)co1. The maximum absolute atomic E-state index is 5.33. The van der Waals surface area contributed by atoms with E-state index in [1.165, 1.54) is 6.26 Å². The quantitative estimate of drug-likeness (QED) is 0.689. The van der Waals surface area contributed by atoms with Crippen LogP contribution in [0.1, 0.15) is 0 Å². The molecule has 1 heterocycles. The van der Waals surface area contributed by atoms with Gasteiger partial charge in [0.1, 0.15) is 12.0 Å². The number of hydrogen-bond donors (Lipinski definition) is 1. The molecule has 0 fully saturated rings. The van der Waals surface area contributed by atoms with Crippen molar-refractivity contribution in [3.8, 4) is 11.3 Å². The van der Waals surface area contributed by atoms with E-state index in [2.05, 4.69) is 11.1 Å². The van der Waals surface area contributed by atoms with Gasteiger partial charge >= 0.3 is 0 Å². The van der Waals surface area contributed by atoms with Crippen molar-refractivity contribution < 1.29 is 4.42 Å². The monoisotopic (exact) mass is 159 g/mol. The number of nitrogens with two attached hydrogens (primary N) is 1. The van der Waals surface area contributed by atoms with Gasteiger partial charge in [-0.2, -0.15) is 4.98 Å². The molecule has 0 atom stereocenters. The number of anilines is 1. The summed E-state index contributed by atoms with van der Waals surface area (Å²) in [6.07, 6.45) is 1.53. The minimum Gasteiger partial charge on any atom is -0.432 e. The topological polar surface area (TPSA) is 52.0 Å². The fourth-order valence-corrected chi connectivity index (χ4v) is 0.973. The van der Waals surface area contributed by atoms with Crippen molar-refractivity contribution in [1.82, 2.24) is 4.98 Å². The van der Waals surface area contributed by atoms with Crippen LogP contribution in [0.25, 0.3) is 11.3 Å². The zero-order valence-electron chi connectivity index (χ0n) is 6.32. The van der Waals surface area contributed by atoms with E-state index in [-0.39, 0.29) is 6.01 Å². The molecule has 0 aliphatic rings. The van der Waals surface area contributed by atoms with Gasteiger partial charge < -0.3 is 10.2 Å². The van der Waals surface area contributed by atoms with Gasteiger partial charge in [0.25, 0.3) is 6.01 Å². The lowest BCUT2D eigenvalue weighted by molar-refractivity contribution is 0.581. The first-order valence-electron chi connectivity index (χ1n) is 3.54. The Morgan fingerprint density at radius 1 is 1.50 bits per heavy atom. The summed E-state index contributed by atoms with van der Waals surface area (Å²) in [7, 11) is 0. The Morgan fingerprint density at radius 3 is 3.00 bits per heavy atom. The number of benzene rings is 1. The molecular formula is C9H7N2O. The van der Waals surface area contributed by atoms with Crippen LogP contribution in [0.15, 0.2) is 34.9 Å². The average Bonchev–Trinajstić information content (AvgIpc) is 2.54. The van der Waals surface area contributed by atoms with E-state index in [0.29, 0.717) is 0 Å². The summed E-state index contributed by atoms with van der Waals surface area (Å²) >= 11 is 0. The van der Waals surface area contributed by atoms with E-state index >= 15 is 0 Å². The second-order valence-corrected chi connectivity index (χ2v) is 2.36. The lowest BCUT2D eigenvalue weighted by Crippen LogP contribution is -1.83. The van der Waals surface area contributed by atoms with Crippen molar-refractivity contribution in [2.45, 2.75) is 0 Å². The number of nitrogens with zero attached hydrogens (tertiary/aromatic N) is 1. The molecule has 0 aliphatic heterocycles. The summed E-state index contributed by atoms with van der Waals surface area (Å²) in [4.78, 5) is 3.97. The first-order chi connectivity index (χ1) is 5.86. The molecule has 0 saturated carbocycles. The standard InChI is InChI=1S/C9H7N2O/c10-9-11-8(6-12-9)7-4-2-1-3-5-7/h1-2,4-6H,(H2,10,11). The number of aromatic nitrogens is 1. The van der Waals surface area contributed by atoms with Crippen molar-refractivity contribution >= 4 is 6.01 Å². The van der Waals surface area contributed by atoms with Gasteiger partial charge in [0.2, 0.25) is 0 Å². The molecule has 0 aliphatic carbocycles.